The molecule has 0 aromatic carbocycles. The summed E-state index contributed by atoms with van der Waals surface area (Å²) in [6.07, 6.45) is 10.8. The smallest absolute Gasteiger partial charge is 0.274 e. The molecule has 6 heteroatoms. The second kappa shape index (κ2) is 7.64. The number of rotatable bonds is 4. The Balaban J connectivity index is 1.45. The average Bonchev–Trinajstić information content (AvgIpc) is 3.33. The summed E-state index contributed by atoms with van der Waals surface area (Å²) in [5.74, 6) is 0.276. The summed E-state index contributed by atoms with van der Waals surface area (Å²) in [4.78, 5) is 30.3. The molecule has 2 aliphatic heterocycles. The van der Waals surface area contributed by atoms with E-state index in [2.05, 4.69) is 22.0 Å². The molecule has 3 fully saturated rings. The number of amides is 2. The zero-order valence-electron chi connectivity index (χ0n) is 16.5. The number of carbonyl (C=O) groups excluding carboxylic acids is 2. The minimum absolute atomic E-state index is 0.0342. The molecule has 6 nitrogen and oxygen atoms in total. The Kier molecular flexibility index (Phi) is 5.24. The largest absolute Gasteiger partial charge is 0.339 e. The summed E-state index contributed by atoms with van der Waals surface area (Å²) in [6.45, 7) is 4.24. The molecule has 0 radical (unpaired) electrons. The molecule has 1 spiro atoms. The third-order valence-electron chi connectivity index (χ3n) is 6.79. The van der Waals surface area contributed by atoms with Gasteiger partial charge in [0.15, 0.2) is 0 Å². The number of aryl methyl sites for hydroxylation is 1. The zero-order valence-corrected chi connectivity index (χ0v) is 16.5. The SMILES string of the molecule is CCCc1cc(C(=O)N2CCC3(CCCN(C4CCCCC4)C3=O)C2)n[nH]1. The molecule has 1 saturated carbocycles. The van der Waals surface area contributed by atoms with E-state index in [0.29, 0.717) is 30.7 Å². The van der Waals surface area contributed by atoms with Gasteiger partial charge >= 0.3 is 0 Å². The van der Waals surface area contributed by atoms with E-state index in [1.54, 1.807) is 0 Å². The van der Waals surface area contributed by atoms with E-state index in [-0.39, 0.29) is 11.3 Å². The monoisotopic (exact) mass is 372 g/mol. The van der Waals surface area contributed by atoms with E-state index < -0.39 is 0 Å². The fourth-order valence-corrected chi connectivity index (χ4v) is 5.30. The van der Waals surface area contributed by atoms with Crippen LogP contribution in [0.15, 0.2) is 6.07 Å². The maximum atomic E-state index is 13.4. The van der Waals surface area contributed by atoms with Crippen molar-refractivity contribution in [2.45, 2.75) is 77.2 Å². The Bertz CT molecular complexity index is 694. The summed E-state index contributed by atoms with van der Waals surface area (Å²) in [5.41, 5.74) is 1.14. The first-order valence-corrected chi connectivity index (χ1v) is 10.8. The molecule has 27 heavy (non-hydrogen) atoms. The highest BCUT2D eigenvalue weighted by Crippen LogP contribution is 2.42. The van der Waals surface area contributed by atoms with Crippen molar-refractivity contribution in [3.8, 4) is 0 Å². The second-order valence-corrected chi connectivity index (χ2v) is 8.68. The van der Waals surface area contributed by atoms with E-state index in [1.165, 1.54) is 19.3 Å². The van der Waals surface area contributed by atoms with Gasteiger partial charge in [0, 0.05) is 31.4 Å². The molecule has 2 amide bonds. The maximum Gasteiger partial charge on any atom is 0.274 e. The average molecular weight is 373 g/mol. The fraction of sp³-hybridized carbons (Fsp3) is 0.762. The van der Waals surface area contributed by atoms with Gasteiger partial charge in [0.2, 0.25) is 5.91 Å². The molecule has 148 valence electrons. The highest BCUT2D eigenvalue weighted by Gasteiger charge is 2.50. The third kappa shape index (κ3) is 3.50. The van der Waals surface area contributed by atoms with Crippen LogP contribution in [-0.4, -0.2) is 57.5 Å². The number of hydrogen-bond donors (Lipinski definition) is 1. The van der Waals surface area contributed by atoms with Gasteiger partial charge in [-0.2, -0.15) is 5.10 Å². The molecule has 0 bridgehead atoms. The van der Waals surface area contributed by atoms with Crippen LogP contribution >= 0.6 is 0 Å². The molecule has 1 N–H and O–H groups in total. The minimum atomic E-state index is -0.353. The van der Waals surface area contributed by atoms with Crippen molar-refractivity contribution in [3.05, 3.63) is 17.5 Å². The summed E-state index contributed by atoms with van der Waals surface area (Å²) in [5, 5.41) is 7.18. The first kappa shape index (κ1) is 18.5. The number of aromatic nitrogens is 2. The minimum Gasteiger partial charge on any atom is -0.339 e. The van der Waals surface area contributed by atoms with Gasteiger partial charge in [-0.25, -0.2) is 0 Å². The molecule has 3 aliphatic rings. The second-order valence-electron chi connectivity index (χ2n) is 8.68. The van der Waals surface area contributed by atoms with Gasteiger partial charge in [-0.3, -0.25) is 14.7 Å². The van der Waals surface area contributed by atoms with E-state index in [4.69, 9.17) is 0 Å². The van der Waals surface area contributed by atoms with Crippen LogP contribution in [0.5, 0.6) is 0 Å². The molecular weight excluding hydrogens is 340 g/mol. The number of nitrogens with one attached hydrogen (secondary N) is 1. The Hall–Kier alpha value is -1.85. The number of carbonyl (C=O) groups is 2. The van der Waals surface area contributed by atoms with Crippen molar-refractivity contribution >= 4 is 11.8 Å². The van der Waals surface area contributed by atoms with Gasteiger partial charge in [0.25, 0.3) is 5.91 Å². The number of hydrogen-bond acceptors (Lipinski definition) is 3. The molecule has 1 unspecified atom stereocenters. The van der Waals surface area contributed by atoms with Gasteiger partial charge < -0.3 is 9.80 Å². The quantitative estimate of drug-likeness (QED) is 0.883. The lowest BCUT2D eigenvalue weighted by atomic mass is 9.77. The lowest BCUT2D eigenvalue weighted by molar-refractivity contribution is -0.149. The Labute approximate surface area is 161 Å². The topological polar surface area (TPSA) is 69.3 Å². The predicted octanol–water partition coefficient (Wildman–Crippen LogP) is 3.15. The molecular formula is C21H32N4O2. The lowest BCUT2D eigenvalue weighted by Gasteiger charge is -2.44. The molecule has 1 aliphatic carbocycles. The van der Waals surface area contributed by atoms with Crippen molar-refractivity contribution in [1.29, 1.82) is 0 Å². The Morgan fingerprint density at radius 2 is 2.04 bits per heavy atom. The summed E-state index contributed by atoms with van der Waals surface area (Å²) >= 11 is 0. The van der Waals surface area contributed by atoms with Crippen molar-refractivity contribution in [2.75, 3.05) is 19.6 Å². The van der Waals surface area contributed by atoms with Crippen LogP contribution in [0.2, 0.25) is 0 Å². The third-order valence-corrected chi connectivity index (χ3v) is 6.79. The number of piperidine rings is 1. The summed E-state index contributed by atoms with van der Waals surface area (Å²) < 4.78 is 0. The van der Waals surface area contributed by atoms with Crippen molar-refractivity contribution in [1.82, 2.24) is 20.0 Å². The van der Waals surface area contributed by atoms with Crippen LogP contribution in [0, 0.1) is 5.41 Å². The Morgan fingerprint density at radius 3 is 2.81 bits per heavy atom. The number of likely N-dealkylation sites (tertiary alicyclic amines) is 2. The normalized spacial score (nSPS) is 26.9. The van der Waals surface area contributed by atoms with E-state index in [1.807, 2.05) is 11.0 Å². The van der Waals surface area contributed by atoms with Crippen LogP contribution in [0.1, 0.15) is 80.9 Å². The number of nitrogens with zero attached hydrogens (tertiary/aromatic N) is 3. The fourth-order valence-electron chi connectivity index (χ4n) is 5.30. The predicted molar refractivity (Wildman–Crippen MR) is 103 cm³/mol. The van der Waals surface area contributed by atoms with E-state index in [0.717, 1.165) is 57.2 Å². The van der Waals surface area contributed by atoms with Crippen molar-refractivity contribution in [2.24, 2.45) is 5.41 Å². The van der Waals surface area contributed by atoms with E-state index >= 15 is 0 Å². The van der Waals surface area contributed by atoms with Gasteiger partial charge in [-0.1, -0.05) is 32.6 Å². The molecule has 2 saturated heterocycles. The summed E-state index contributed by atoms with van der Waals surface area (Å²) in [7, 11) is 0. The van der Waals surface area contributed by atoms with Crippen molar-refractivity contribution < 1.29 is 9.59 Å². The molecule has 4 rings (SSSR count). The number of aromatic amines is 1. The van der Waals surface area contributed by atoms with Gasteiger partial charge in [0.05, 0.1) is 5.41 Å². The van der Waals surface area contributed by atoms with Gasteiger partial charge in [-0.15, -0.1) is 0 Å². The van der Waals surface area contributed by atoms with Crippen LogP contribution < -0.4 is 0 Å². The molecule has 1 aromatic heterocycles. The standard InChI is InChI=1S/C21H32N4O2/c1-2-7-16-14-18(23-22-16)19(26)24-13-11-21(15-24)10-6-12-25(20(21)27)17-8-4-3-5-9-17/h14,17H,2-13,15H2,1H3,(H,22,23). The van der Waals surface area contributed by atoms with Crippen molar-refractivity contribution in [3.63, 3.8) is 0 Å². The van der Waals surface area contributed by atoms with Gasteiger partial charge in [-0.05, 0) is 44.6 Å². The molecule has 3 heterocycles. The highest BCUT2D eigenvalue weighted by atomic mass is 16.2. The van der Waals surface area contributed by atoms with Crippen LogP contribution in [-0.2, 0) is 11.2 Å². The zero-order chi connectivity index (χ0) is 18.9. The first-order valence-electron chi connectivity index (χ1n) is 10.8. The number of H-pyrrole nitrogens is 1. The maximum absolute atomic E-state index is 13.4. The molecule has 1 aromatic rings. The first-order chi connectivity index (χ1) is 13.1. The van der Waals surface area contributed by atoms with Crippen LogP contribution in [0.4, 0.5) is 0 Å². The summed E-state index contributed by atoms with van der Waals surface area (Å²) in [6, 6.07) is 2.30. The Morgan fingerprint density at radius 1 is 1.22 bits per heavy atom. The van der Waals surface area contributed by atoms with Crippen LogP contribution in [0.25, 0.3) is 0 Å². The van der Waals surface area contributed by atoms with E-state index in [9.17, 15) is 9.59 Å². The highest BCUT2D eigenvalue weighted by molar-refractivity contribution is 5.94. The van der Waals surface area contributed by atoms with Gasteiger partial charge in [0.1, 0.15) is 5.69 Å². The lowest BCUT2D eigenvalue weighted by Crippen LogP contribution is -2.54. The molecule has 1 atom stereocenters. The van der Waals surface area contributed by atoms with Crippen LogP contribution in [0.3, 0.4) is 0 Å².